The summed E-state index contributed by atoms with van der Waals surface area (Å²) in [4.78, 5) is 4.68. The lowest BCUT2D eigenvalue weighted by molar-refractivity contribution is 0.415. The van der Waals surface area contributed by atoms with Gasteiger partial charge in [-0.2, -0.15) is 0 Å². The number of fused-ring (bicyclic) bond motifs is 1. The first kappa shape index (κ1) is 14.7. The van der Waals surface area contributed by atoms with Gasteiger partial charge in [0.05, 0.1) is 12.8 Å². The fourth-order valence-electron chi connectivity index (χ4n) is 2.64. The van der Waals surface area contributed by atoms with Crippen molar-refractivity contribution in [2.45, 2.75) is 0 Å². The van der Waals surface area contributed by atoms with E-state index in [4.69, 9.17) is 4.74 Å². The molecule has 1 aromatic heterocycles. The first-order valence-electron chi connectivity index (χ1n) is 7.67. The lowest BCUT2D eigenvalue weighted by atomic mass is 10.1. The topological polar surface area (TPSA) is 34.1 Å². The molecule has 0 amide bonds. The normalized spacial score (nSPS) is 10.7. The largest absolute Gasteiger partial charge is 0.497 e. The van der Waals surface area contributed by atoms with Gasteiger partial charge in [-0.15, -0.1) is 11.3 Å². The number of ether oxygens (including phenoxy) is 1. The summed E-state index contributed by atoms with van der Waals surface area (Å²) >= 11 is 1.60. The van der Waals surface area contributed by atoms with E-state index in [0.29, 0.717) is 0 Å². The van der Waals surface area contributed by atoms with E-state index in [1.54, 1.807) is 18.4 Å². The highest BCUT2D eigenvalue weighted by molar-refractivity contribution is 7.14. The first-order valence-corrected chi connectivity index (χ1v) is 8.55. The van der Waals surface area contributed by atoms with Crippen molar-refractivity contribution in [1.82, 2.24) is 4.98 Å². The number of anilines is 2. The number of methoxy groups -OCH3 is 1. The van der Waals surface area contributed by atoms with Crippen molar-refractivity contribution >= 4 is 32.9 Å². The molecule has 4 heteroatoms. The minimum absolute atomic E-state index is 0.838. The second-order valence-electron chi connectivity index (χ2n) is 5.46. The third kappa shape index (κ3) is 2.96. The van der Waals surface area contributed by atoms with Gasteiger partial charge in [0.2, 0.25) is 0 Å². The van der Waals surface area contributed by atoms with Crippen molar-refractivity contribution in [3.63, 3.8) is 0 Å². The van der Waals surface area contributed by atoms with E-state index < -0.39 is 0 Å². The Bertz CT molecular complexity index is 994. The molecule has 0 spiro atoms. The van der Waals surface area contributed by atoms with Gasteiger partial charge in [0.15, 0.2) is 5.13 Å². The molecule has 0 unspecified atom stereocenters. The molecular formula is C20H16N2OS. The summed E-state index contributed by atoms with van der Waals surface area (Å²) in [5.74, 6) is 0.838. The van der Waals surface area contributed by atoms with Crippen LogP contribution in [0.1, 0.15) is 0 Å². The quantitative estimate of drug-likeness (QED) is 0.519. The molecule has 3 aromatic carbocycles. The molecular weight excluding hydrogens is 316 g/mol. The van der Waals surface area contributed by atoms with Gasteiger partial charge in [-0.25, -0.2) is 4.98 Å². The molecule has 4 aromatic rings. The number of hydrogen-bond donors (Lipinski definition) is 1. The number of hydrogen-bond acceptors (Lipinski definition) is 4. The van der Waals surface area contributed by atoms with E-state index in [9.17, 15) is 0 Å². The lowest BCUT2D eigenvalue weighted by Gasteiger charge is -2.05. The van der Waals surface area contributed by atoms with Crippen LogP contribution in [0.5, 0.6) is 5.75 Å². The van der Waals surface area contributed by atoms with Crippen molar-refractivity contribution in [3.05, 3.63) is 72.1 Å². The summed E-state index contributed by atoms with van der Waals surface area (Å²) in [6.45, 7) is 0. The number of nitrogens with one attached hydrogen (secondary N) is 1. The van der Waals surface area contributed by atoms with E-state index in [1.807, 2.05) is 24.3 Å². The summed E-state index contributed by atoms with van der Waals surface area (Å²) in [5, 5.41) is 8.77. The second kappa shape index (κ2) is 6.34. The molecule has 0 bridgehead atoms. The predicted octanol–water partition coefficient (Wildman–Crippen LogP) is 5.72. The Morgan fingerprint density at radius 1 is 0.917 bits per heavy atom. The van der Waals surface area contributed by atoms with Gasteiger partial charge in [0, 0.05) is 16.6 Å². The number of nitrogens with zero attached hydrogens (tertiary/aromatic N) is 1. The lowest BCUT2D eigenvalue weighted by Crippen LogP contribution is -1.90. The van der Waals surface area contributed by atoms with E-state index in [1.165, 1.54) is 10.8 Å². The molecule has 0 aliphatic heterocycles. The summed E-state index contributed by atoms with van der Waals surface area (Å²) in [7, 11) is 1.67. The van der Waals surface area contributed by atoms with Gasteiger partial charge in [0.1, 0.15) is 5.75 Å². The maximum atomic E-state index is 5.28. The van der Waals surface area contributed by atoms with Crippen LogP contribution in [0.4, 0.5) is 10.8 Å². The van der Waals surface area contributed by atoms with Crippen molar-refractivity contribution in [2.75, 3.05) is 12.4 Å². The Morgan fingerprint density at radius 3 is 2.67 bits per heavy atom. The van der Waals surface area contributed by atoms with Gasteiger partial charge >= 0.3 is 0 Å². The third-order valence-electron chi connectivity index (χ3n) is 3.87. The highest BCUT2D eigenvalue weighted by atomic mass is 32.1. The fourth-order valence-corrected chi connectivity index (χ4v) is 3.38. The number of aromatic nitrogens is 1. The average molecular weight is 332 g/mol. The molecule has 0 saturated carbocycles. The molecule has 1 N–H and O–H groups in total. The van der Waals surface area contributed by atoms with E-state index in [-0.39, 0.29) is 0 Å². The molecule has 0 aliphatic rings. The zero-order chi connectivity index (χ0) is 16.4. The van der Waals surface area contributed by atoms with Crippen molar-refractivity contribution in [2.24, 2.45) is 0 Å². The standard InChI is InChI=1S/C20H16N2OS/c1-23-18-8-4-7-16(12-18)19-13-24-20(22-19)21-17-10-9-14-5-2-3-6-15(14)11-17/h2-13H,1H3,(H,21,22). The molecule has 0 saturated heterocycles. The number of rotatable bonds is 4. The zero-order valence-electron chi connectivity index (χ0n) is 13.2. The molecule has 0 atom stereocenters. The zero-order valence-corrected chi connectivity index (χ0v) is 14.0. The molecule has 118 valence electrons. The van der Waals surface area contributed by atoms with Crippen LogP contribution in [0.2, 0.25) is 0 Å². The maximum absolute atomic E-state index is 5.28. The number of thiazole rings is 1. The number of benzene rings is 3. The van der Waals surface area contributed by atoms with E-state index >= 15 is 0 Å². The van der Waals surface area contributed by atoms with Crippen LogP contribution in [-0.4, -0.2) is 12.1 Å². The Morgan fingerprint density at radius 2 is 1.79 bits per heavy atom. The minimum Gasteiger partial charge on any atom is -0.497 e. The van der Waals surface area contributed by atoms with Crippen LogP contribution >= 0.6 is 11.3 Å². The maximum Gasteiger partial charge on any atom is 0.187 e. The van der Waals surface area contributed by atoms with Crippen LogP contribution < -0.4 is 10.1 Å². The highest BCUT2D eigenvalue weighted by Crippen LogP contribution is 2.29. The molecule has 3 nitrogen and oxygen atoms in total. The fraction of sp³-hybridized carbons (Fsp3) is 0.0500. The molecule has 0 radical (unpaired) electrons. The Kier molecular flexibility index (Phi) is 3.89. The SMILES string of the molecule is COc1cccc(-c2csc(Nc3ccc4ccccc4c3)n2)c1. The molecule has 0 fully saturated rings. The molecule has 0 aliphatic carbocycles. The monoisotopic (exact) mass is 332 g/mol. The average Bonchev–Trinajstić information content (AvgIpc) is 3.10. The van der Waals surface area contributed by atoms with Gasteiger partial charge in [0.25, 0.3) is 0 Å². The summed E-state index contributed by atoms with van der Waals surface area (Å²) in [6.07, 6.45) is 0. The van der Waals surface area contributed by atoms with E-state index in [0.717, 1.165) is 27.8 Å². The van der Waals surface area contributed by atoms with Gasteiger partial charge in [-0.3, -0.25) is 0 Å². The van der Waals surface area contributed by atoms with Crippen molar-refractivity contribution in [3.8, 4) is 17.0 Å². The summed E-state index contributed by atoms with van der Waals surface area (Å²) in [6, 6.07) is 22.6. The third-order valence-corrected chi connectivity index (χ3v) is 4.63. The summed E-state index contributed by atoms with van der Waals surface area (Å²) in [5.41, 5.74) is 3.04. The van der Waals surface area contributed by atoms with Crippen LogP contribution in [-0.2, 0) is 0 Å². The van der Waals surface area contributed by atoms with Crippen LogP contribution in [0.15, 0.2) is 72.1 Å². The van der Waals surface area contributed by atoms with Crippen LogP contribution in [0.3, 0.4) is 0 Å². The summed E-state index contributed by atoms with van der Waals surface area (Å²) < 4.78 is 5.28. The predicted molar refractivity (Wildman–Crippen MR) is 101 cm³/mol. The van der Waals surface area contributed by atoms with Gasteiger partial charge < -0.3 is 10.1 Å². The Labute approximate surface area is 144 Å². The Hall–Kier alpha value is -2.85. The van der Waals surface area contributed by atoms with Gasteiger partial charge in [-0.1, -0.05) is 42.5 Å². The molecule has 4 rings (SSSR count). The van der Waals surface area contributed by atoms with E-state index in [2.05, 4.69) is 58.1 Å². The van der Waals surface area contributed by atoms with Gasteiger partial charge in [-0.05, 0) is 35.0 Å². The minimum atomic E-state index is 0.838. The van der Waals surface area contributed by atoms with Crippen molar-refractivity contribution in [1.29, 1.82) is 0 Å². The Balaban J connectivity index is 1.59. The highest BCUT2D eigenvalue weighted by Gasteiger charge is 2.06. The smallest absolute Gasteiger partial charge is 0.187 e. The van der Waals surface area contributed by atoms with Crippen molar-refractivity contribution < 1.29 is 4.74 Å². The molecule has 1 heterocycles. The van der Waals surface area contributed by atoms with Crippen LogP contribution in [0.25, 0.3) is 22.0 Å². The molecule has 24 heavy (non-hydrogen) atoms. The first-order chi connectivity index (χ1) is 11.8. The van der Waals surface area contributed by atoms with Crippen LogP contribution in [0, 0.1) is 0 Å². The second-order valence-corrected chi connectivity index (χ2v) is 6.31.